The molecule has 1 aromatic heterocycles. The van der Waals surface area contributed by atoms with Gasteiger partial charge in [0.2, 0.25) is 0 Å². The third-order valence-electron chi connectivity index (χ3n) is 2.54. The zero-order valence-electron chi connectivity index (χ0n) is 9.84. The van der Waals surface area contributed by atoms with Crippen LogP contribution in [0.5, 0.6) is 0 Å². The summed E-state index contributed by atoms with van der Waals surface area (Å²) in [4.78, 5) is 4.15. The second-order valence-corrected chi connectivity index (χ2v) is 7.32. The van der Waals surface area contributed by atoms with Gasteiger partial charge in [-0.05, 0) is 24.5 Å². The van der Waals surface area contributed by atoms with Crippen molar-refractivity contribution in [2.45, 2.75) is 18.6 Å². The van der Waals surface area contributed by atoms with Gasteiger partial charge in [0.25, 0.3) is 0 Å². The summed E-state index contributed by atoms with van der Waals surface area (Å²) in [6.07, 6.45) is 3.67. The summed E-state index contributed by atoms with van der Waals surface area (Å²) in [6.45, 7) is 0. The lowest BCUT2D eigenvalue weighted by Crippen LogP contribution is -2.02. The maximum absolute atomic E-state index is 11.9. The van der Waals surface area contributed by atoms with Crippen LogP contribution >= 0.6 is 27.3 Å². The minimum Gasteiger partial charge on any atom is -0.259 e. The van der Waals surface area contributed by atoms with Crippen molar-refractivity contribution >= 4 is 38.1 Å². The molecule has 2 aromatic rings. The average Bonchev–Trinajstić information content (AvgIpc) is 2.84. The van der Waals surface area contributed by atoms with E-state index < -0.39 is 10.8 Å². The molecule has 0 aliphatic carbocycles. The molecule has 1 atom stereocenters. The molecule has 18 heavy (non-hydrogen) atoms. The molecule has 2 rings (SSSR count). The third kappa shape index (κ3) is 4.30. The quantitative estimate of drug-likeness (QED) is 0.798. The minimum atomic E-state index is -0.797. The van der Waals surface area contributed by atoms with Crippen LogP contribution in [-0.2, 0) is 23.0 Å². The first-order valence-corrected chi connectivity index (χ1v) is 8.88. The van der Waals surface area contributed by atoms with Crippen molar-refractivity contribution in [2.24, 2.45) is 0 Å². The van der Waals surface area contributed by atoms with Crippen LogP contribution in [0.4, 0.5) is 0 Å². The Morgan fingerprint density at radius 2 is 2.17 bits per heavy atom. The number of aromatic nitrogens is 1. The van der Waals surface area contributed by atoms with Gasteiger partial charge >= 0.3 is 0 Å². The van der Waals surface area contributed by atoms with Crippen LogP contribution in [0.1, 0.15) is 17.0 Å². The van der Waals surface area contributed by atoms with E-state index in [0.29, 0.717) is 5.75 Å². The highest BCUT2D eigenvalue weighted by molar-refractivity contribution is 9.10. The standard InChI is InChI=1S/C13H14BrNOS2/c14-12-6-2-1-4-11(12)5-3-9-18(16)10-13-15-7-8-17-13/h1-2,4,6-8H,3,5,9-10H2/t18-/m0/s1. The zero-order valence-corrected chi connectivity index (χ0v) is 13.1. The molecule has 2 nitrogen and oxygen atoms in total. The normalized spacial score (nSPS) is 12.5. The number of benzene rings is 1. The molecule has 0 aliphatic heterocycles. The van der Waals surface area contributed by atoms with Gasteiger partial charge in [0, 0.05) is 32.6 Å². The molecule has 0 saturated carbocycles. The maximum atomic E-state index is 11.9. The number of hydrogen-bond acceptors (Lipinski definition) is 3. The Bertz CT molecular complexity index is 513. The van der Waals surface area contributed by atoms with Crippen LogP contribution in [0, 0.1) is 0 Å². The maximum Gasteiger partial charge on any atom is 0.105 e. The van der Waals surface area contributed by atoms with Gasteiger partial charge in [-0.25, -0.2) is 4.98 Å². The first kappa shape index (κ1) is 13.9. The van der Waals surface area contributed by atoms with E-state index in [0.717, 1.165) is 28.1 Å². The van der Waals surface area contributed by atoms with Crippen LogP contribution < -0.4 is 0 Å². The molecule has 0 bridgehead atoms. The highest BCUT2D eigenvalue weighted by Crippen LogP contribution is 2.17. The van der Waals surface area contributed by atoms with Crippen molar-refractivity contribution in [1.29, 1.82) is 0 Å². The molecule has 1 aromatic carbocycles. The number of nitrogens with zero attached hydrogens (tertiary/aromatic N) is 1. The lowest BCUT2D eigenvalue weighted by atomic mass is 10.1. The van der Waals surface area contributed by atoms with Gasteiger partial charge in [0.1, 0.15) is 5.01 Å². The molecule has 0 unspecified atom stereocenters. The summed E-state index contributed by atoms with van der Waals surface area (Å²) in [5, 5.41) is 2.89. The van der Waals surface area contributed by atoms with Crippen LogP contribution in [-0.4, -0.2) is 14.9 Å². The fourth-order valence-electron chi connectivity index (χ4n) is 1.66. The molecule has 0 fully saturated rings. The monoisotopic (exact) mass is 343 g/mol. The predicted molar refractivity (Wildman–Crippen MR) is 81.3 cm³/mol. The van der Waals surface area contributed by atoms with Crippen LogP contribution in [0.3, 0.4) is 0 Å². The summed E-state index contributed by atoms with van der Waals surface area (Å²) >= 11 is 5.10. The first-order chi connectivity index (χ1) is 8.75. The van der Waals surface area contributed by atoms with Gasteiger partial charge in [-0.2, -0.15) is 0 Å². The van der Waals surface area contributed by atoms with Crippen LogP contribution in [0.15, 0.2) is 40.3 Å². The summed E-state index contributed by atoms with van der Waals surface area (Å²) in [5.41, 5.74) is 1.28. The Labute approximate surface area is 122 Å². The van der Waals surface area contributed by atoms with E-state index in [4.69, 9.17) is 0 Å². The van der Waals surface area contributed by atoms with E-state index in [-0.39, 0.29) is 0 Å². The van der Waals surface area contributed by atoms with Crippen LogP contribution in [0.25, 0.3) is 0 Å². The van der Waals surface area contributed by atoms with E-state index in [9.17, 15) is 4.21 Å². The summed E-state index contributed by atoms with van der Waals surface area (Å²) in [5.74, 6) is 1.33. The van der Waals surface area contributed by atoms with E-state index in [1.807, 2.05) is 23.6 Å². The molecule has 0 N–H and O–H groups in total. The van der Waals surface area contributed by atoms with Crippen molar-refractivity contribution in [1.82, 2.24) is 4.98 Å². The Balaban J connectivity index is 1.75. The second-order valence-electron chi connectivity index (χ2n) is 3.91. The molecule has 1 heterocycles. The first-order valence-electron chi connectivity index (χ1n) is 5.72. The fourth-order valence-corrected chi connectivity index (χ4v) is 4.17. The van der Waals surface area contributed by atoms with Crippen molar-refractivity contribution in [2.75, 3.05) is 5.75 Å². The number of aryl methyl sites for hydroxylation is 1. The molecule has 0 spiro atoms. The van der Waals surface area contributed by atoms with Crippen molar-refractivity contribution in [3.8, 4) is 0 Å². The highest BCUT2D eigenvalue weighted by Gasteiger charge is 2.05. The molecular weight excluding hydrogens is 330 g/mol. The Hall–Kier alpha value is -0.520. The average molecular weight is 344 g/mol. The van der Waals surface area contributed by atoms with Crippen molar-refractivity contribution in [3.05, 3.63) is 50.9 Å². The van der Waals surface area contributed by atoms with Crippen LogP contribution in [0.2, 0.25) is 0 Å². The Morgan fingerprint density at radius 3 is 2.89 bits per heavy atom. The number of halogens is 1. The molecule has 0 amide bonds. The lowest BCUT2D eigenvalue weighted by molar-refractivity contribution is 0.679. The van der Waals surface area contributed by atoms with Gasteiger partial charge in [-0.15, -0.1) is 11.3 Å². The van der Waals surface area contributed by atoms with E-state index in [1.54, 1.807) is 17.5 Å². The largest absolute Gasteiger partial charge is 0.259 e. The Morgan fingerprint density at radius 1 is 1.33 bits per heavy atom. The summed E-state index contributed by atoms with van der Waals surface area (Å²) in [7, 11) is -0.797. The molecule has 0 aliphatic rings. The molecule has 96 valence electrons. The summed E-state index contributed by atoms with van der Waals surface area (Å²) < 4.78 is 13.0. The molecule has 5 heteroatoms. The minimum absolute atomic E-state index is 0.591. The number of rotatable bonds is 6. The molecule has 0 radical (unpaired) electrons. The molecule has 0 saturated heterocycles. The second kappa shape index (κ2) is 7.16. The lowest BCUT2D eigenvalue weighted by Gasteiger charge is -2.04. The van der Waals surface area contributed by atoms with Crippen molar-refractivity contribution in [3.63, 3.8) is 0 Å². The fraction of sp³-hybridized carbons (Fsp3) is 0.308. The van der Waals surface area contributed by atoms with E-state index >= 15 is 0 Å². The van der Waals surface area contributed by atoms with Gasteiger partial charge < -0.3 is 0 Å². The van der Waals surface area contributed by atoms with Crippen molar-refractivity contribution < 1.29 is 4.21 Å². The number of hydrogen-bond donors (Lipinski definition) is 0. The number of thiazole rings is 1. The Kier molecular flexibility index (Phi) is 5.53. The van der Waals surface area contributed by atoms with E-state index in [2.05, 4.69) is 27.0 Å². The van der Waals surface area contributed by atoms with Gasteiger partial charge in [0.05, 0.1) is 5.75 Å². The van der Waals surface area contributed by atoms with E-state index in [1.165, 1.54) is 5.56 Å². The molecular formula is C13H14BrNOS2. The topological polar surface area (TPSA) is 30.0 Å². The summed E-state index contributed by atoms with van der Waals surface area (Å²) in [6, 6.07) is 8.19. The highest BCUT2D eigenvalue weighted by atomic mass is 79.9. The smallest absolute Gasteiger partial charge is 0.105 e. The van der Waals surface area contributed by atoms with Gasteiger partial charge in [-0.3, -0.25) is 4.21 Å². The third-order valence-corrected chi connectivity index (χ3v) is 5.62. The SMILES string of the molecule is O=[S@@](CCCc1ccccc1Br)Cc1nccs1. The van der Waals surface area contributed by atoms with Gasteiger partial charge in [-0.1, -0.05) is 34.1 Å². The zero-order chi connectivity index (χ0) is 12.8. The predicted octanol–water partition coefficient (Wildman–Crippen LogP) is 3.79. The van der Waals surface area contributed by atoms with Gasteiger partial charge in [0.15, 0.2) is 0 Å².